The minimum Gasteiger partial charge on any atom is -0.396 e. The summed E-state index contributed by atoms with van der Waals surface area (Å²) in [5.41, 5.74) is 1.04. The van der Waals surface area contributed by atoms with Crippen LogP contribution in [0.5, 0.6) is 0 Å². The first kappa shape index (κ1) is 22.7. The number of piperidine rings is 1. The Labute approximate surface area is 184 Å². The van der Waals surface area contributed by atoms with E-state index in [-0.39, 0.29) is 25.2 Å². The molecule has 0 amide bonds. The Kier molecular flexibility index (Phi) is 6.73. The zero-order chi connectivity index (χ0) is 22.1. The molecule has 1 saturated heterocycles. The Morgan fingerprint density at radius 1 is 1.29 bits per heavy atom. The fraction of sp³-hybridized carbons (Fsp3) is 0.714. The number of aromatic nitrogens is 3. The van der Waals surface area contributed by atoms with Gasteiger partial charge in [0.05, 0.1) is 32.1 Å². The van der Waals surface area contributed by atoms with Gasteiger partial charge >= 0.3 is 0 Å². The smallest absolute Gasteiger partial charge is 0.243 e. The highest BCUT2D eigenvalue weighted by molar-refractivity contribution is 7.12. The van der Waals surface area contributed by atoms with Gasteiger partial charge in [0.2, 0.25) is 6.43 Å². The van der Waals surface area contributed by atoms with E-state index in [1.54, 1.807) is 11.6 Å². The van der Waals surface area contributed by atoms with E-state index in [1.807, 2.05) is 12.3 Å². The van der Waals surface area contributed by atoms with Crippen molar-refractivity contribution >= 4 is 11.3 Å². The second-order valence-corrected chi connectivity index (χ2v) is 10.2. The molecule has 4 rings (SSSR count). The number of hydrogen-bond acceptors (Lipinski definition) is 7. The summed E-state index contributed by atoms with van der Waals surface area (Å²) in [5, 5.41) is 27.3. The lowest BCUT2D eigenvalue weighted by Crippen LogP contribution is -2.45. The number of hydrogen-bond donors (Lipinski definition) is 2. The van der Waals surface area contributed by atoms with Crippen molar-refractivity contribution in [2.45, 2.75) is 57.7 Å². The van der Waals surface area contributed by atoms with Crippen LogP contribution in [0.1, 0.15) is 40.8 Å². The standard InChI is InChI=1S/C21H30F2N4O3S/c1-20(13-28,14-29)12-27-11-16(24-25-27)10-26-5-3-21(4-6-26)19-15(2-7-30-21)8-17(31-19)9-18(22)23/h8,11,18,28-29H,2-7,9-10,12-14H2,1H3. The predicted molar refractivity (Wildman–Crippen MR) is 112 cm³/mol. The summed E-state index contributed by atoms with van der Waals surface area (Å²) < 4.78 is 33.6. The van der Waals surface area contributed by atoms with Gasteiger partial charge in [-0.15, -0.1) is 16.4 Å². The Hall–Kier alpha value is -1.46. The van der Waals surface area contributed by atoms with Gasteiger partial charge in [-0.2, -0.15) is 0 Å². The first-order valence-electron chi connectivity index (χ1n) is 10.7. The van der Waals surface area contributed by atoms with E-state index in [0.29, 0.717) is 19.7 Å². The number of aliphatic hydroxyl groups excluding tert-OH is 2. The summed E-state index contributed by atoms with van der Waals surface area (Å²) in [6.07, 6.45) is 1.82. The molecule has 2 aliphatic rings. The molecular formula is C21H30F2N4O3S. The summed E-state index contributed by atoms with van der Waals surface area (Å²) in [7, 11) is 0. The van der Waals surface area contributed by atoms with Crippen molar-refractivity contribution in [1.82, 2.24) is 19.9 Å². The summed E-state index contributed by atoms with van der Waals surface area (Å²) in [5.74, 6) is 0. The quantitative estimate of drug-likeness (QED) is 0.634. The third-order valence-corrected chi connectivity index (χ3v) is 7.71. The summed E-state index contributed by atoms with van der Waals surface area (Å²) in [6.45, 7) is 4.91. The van der Waals surface area contributed by atoms with Crippen LogP contribution in [0.4, 0.5) is 8.78 Å². The van der Waals surface area contributed by atoms with Crippen LogP contribution in [-0.4, -0.2) is 69.4 Å². The van der Waals surface area contributed by atoms with Crippen molar-refractivity contribution < 1.29 is 23.7 Å². The van der Waals surface area contributed by atoms with Crippen LogP contribution in [0, 0.1) is 5.41 Å². The lowest BCUT2D eigenvalue weighted by molar-refractivity contribution is -0.0961. The van der Waals surface area contributed by atoms with Gasteiger partial charge in [-0.1, -0.05) is 12.1 Å². The number of halogens is 2. The van der Waals surface area contributed by atoms with Crippen molar-refractivity contribution in [3.05, 3.63) is 33.3 Å². The van der Waals surface area contributed by atoms with Crippen LogP contribution < -0.4 is 0 Å². The molecular weight excluding hydrogens is 426 g/mol. The van der Waals surface area contributed by atoms with Crippen molar-refractivity contribution in [2.75, 3.05) is 32.9 Å². The van der Waals surface area contributed by atoms with Crippen molar-refractivity contribution in [3.63, 3.8) is 0 Å². The average Bonchev–Trinajstić information content (AvgIpc) is 3.36. The van der Waals surface area contributed by atoms with Gasteiger partial charge in [-0.05, 0) is 30.9 Å². The van der Waals surface area contributed by atoms with E-state index in [0.717, 1.165) is 47.8 Å². The number of aliphatic hydroxyl groups is 2. The number of ether oxygens (including phenoxy) is 1. The van der Waals surface area contributed by atoms with Crippen LogP contribution in [0.2, 0.25) is 0 Å². The normalized spacial score (nSPS) is 19.3. The van der Waals surface area contributed by atoms with Gasteiger partial charge in [0.25, 0.3) is 0 Å². The second-order valence-electron chi connectivity index (χ2n) is 9.07. The van der Waals surface area contributed by atoms with Gasteiger partial charge in [0.15, 0.2) is 0 Å². The Morgan fingerprint density at radius 3 is 2.71 bits per heavy atom. The number of nitrogens with zero attached hydrogens (tertiary/aromatic N) is 4. The number of alkyl halides is 2. The number of rotatable bonds is 8. The minimum absolute atomic E-state index is 0.128. The highest BCUT2D eigenvalue weighted by atomic mass is 32.1. The van der Waals surface area contributed by atoms with Crippen LogP contribution in [0.25, 0.3) is 0 Å². The highest BCUT2D eigenvalue weighted by Gasteiger charge is 2.42. The summed E-state index contributed by atoms with van der Waals surface area (Å²) in [6, 6.07) is 1.95. The molecule has 0 aliphatic carbocycles. The molecule has 0 bridgehead atoms. The molecule has 1 spiro atoms. The third kappa shape index (κ3) is 4.98. The fourth-order valence-electron chi connectivity index (χ4n) is 4.43. The molecule has 2 aliphatic heterocycles. The lowest BCUT2D eigenvalue weighted by Gasteiger charge is -2.43. The molecule has 0 atom stereocenters. The predicted octanol–water partition coefficient (Wildman–Crippen LogP) is 2.20. The Morgan fingerprint density at radius 2 is 2.03 bits per heavy atom. The maximum absolute atomic E-state index is 12.8. The summed E-state index contributed by atoms with van der Waals surface area (Å²) >= 11 is 1.50. The maximum Gasteiger partial charge on any atom is 0.243 e. The average molecular weight is 457 g/mol. The van der Waals surface area contributed by atoms with E-state index in [4.69, 9.17) is 4.74 Å². The largest absolute Gasteiger partial charge is 0.396 e. The first-order valence-corrected chi connectivity index (χ1v) is 11.5. The van der Waals surface area contributed by atoms with E-state index in [9.17, 15) is 19.0 Å². The van der Waals surface area contributed by atoms with E-state index >= 15 is 0 Å². The van der Waals surface area contributed by atoms with Gasteiger partial charge in [0.1, 0.15) is 5.60 Å². The summed E-state index contributed by atoms with van der Waals surface area (Å²) in [4.78, 5) is 4.20. The molecule has 2 N–H and O–H groups in total. The van der Waals surface area contributed by atoms with Crippen molar-refractivity contribution in [3.8, 4) is 0 Å². The number of fused-ring (bicyclic) bond motifs is 2. The molecule has 7 nitrogen and oxygen atoms in total. The fourth-order valence-corrected chi connectivity index (χ4v) is 5.85. The Bertz CT molecular complexity index is 876. The molecule has 172 valence electrons. The molecule has 2 aromatic rings. The molecule has 0 saturated carbocycles. The van der Waals surface area contributed by atoms with E-state index < -0.39 is 11.8 Å². The SMILES string of the molecule is CC(CO)(CO)Cn1cc(CN2CCC3(CC2)OCCc2cc(CC(F)F)sc23)nn1. The van der Waals surface area contributed by atoms with Gasteiger partial charge < -0.3 is 14.9 Å². The molecule has 1 fully saturated rings. The van der Waals surface area contributed by atoms with Gasteiger partial charge in [-0.3, -0.25) is 9.58 Å². The molecule has 0 aromatic carbocycles. The second kappa shape index (κ2) is 9.19. The van der Waals surface area contributed by atoms with Crippen LogP contribution >= 0.6 is 11.3 Å². The molecule has 10 heteroatoms. The van der Waals surface area contributed by atoms with E-state index in [2.05, 4.69) is 15.2 Å². The molecule has 0 unspecified atom stereocenters. The molecule has 31 heavy (non-hydrogen) atoms. The molecule has 2 aromatic heterocycles. The zero-order valence-corrected chi connectivity index (χ0v) is 18.6. The zero-order valence-electron chi connectivity index (χ0n) is 17.8. The minimum atomic E-state index is -2.32. The number of likely N-dealkylation sites (tertiary alicyclic amines) is 1. The third-order valence-electron chi connectivity index (χ3n) is 6.32. The maximum atomic E-state index is 12.8. The van der Waals surface area contributed by atoms with Crippen LogP contribution in [-0.2, 0) is 36.3 Å². The monoisotopic (exact) mass is 456 g/mol. The van der Waals surface area contributed by atoms with Gasteiger partial charge in [-0.25, -0.2) is 8.78 Å². The van der Waals surface area contributed by atoms with E-state index in [1.165, 1.54) is 16.9 Å². The Balaban J connectivity index is 1.37. The van der Waals surface area contributed by atoms with Crippen molar-refractivity contribution in [2.24, 2.45) is 5.41 Å². The highest BCUT2D eigenvalue weighted by Crippen LogP contribution is 2.45. The number of thiophene rings is 1. The molecule has 4 heterocycles. The molecule has 0 radical (unpaired) electrons. The van der Waals surface area contributed by atoms with Gasteiger partial charge in [0, 0.05) is 47.4 Å². The van der Waals surface area contributed by atoms with Crippen LogP contribution in [0.3, 0.4) is 0 Å². The lowest BCUT2D eigenvalue weighted by atomic mass is 9.85. The van der Waals surface area contributed by atoms with Crippen LogP contribution in [0.15, 0.2) is 12.3 Å². The van der Waals surface area contributed by atoms with Crippen molar-refractivity contribution in [1.29, 1.82) is 0 Å². The topological polar surface area (TPSA) is 83.6 Å². The first-order chi connectivity index (χ1) is 14.8.